The minimum atomic E-state index is 0.372. The zero-order valence-corrected chi connectivity index (χ0v) is 8.01. The summed E-state index contributed by atoms with van der Waals surface area (Å²) >= 11 is 0. The number of carbonyl (C=O) groups is 1. The SMILES string of the molecule is C=CC1CCCC2=C1C(=O)CCC2. The van der Waals surface area contributed by atoms with E-state index in [1.54, 1.807) is 0 Å². The molecule has 0 aliphatic heterocycles. The summed E-state index contributed by atoms with van der Waals surface area (Å²) in [6, 6.07) is 0. The molecule has 0 heterocycles. The van der Waals surface area contributed by atoms with Gasteiger partial charge in [0, 0.05) is 17.9 Å². The summed E-state index contributed by atoms with van der Waals surface area (Å²) in [5.41, 5.74) is 2.57. The lowest BCUT2D eigenvalue weighted by Crippen LogP contribution is -2.21. The van der Waals surface area contributed by atoms with Gasteiger partial charge in [0.05, 0.1) is 0 Å². The first-order valence-electron chi connectivity index (χ1n) is 5.20. The quantitative estimate of drug-likeness (QED) is 0.561. The summed E-state index contributed by atoms with van der Waals surface area (Å²) in [4.78, 5) is 11.7. The van der Waals surface area contributed by atoms with Crippen LogP contribution in [0.2, 0.25) is 0 Å². The molecule has 2 aliphatic carbocycles. The molecule has 0 N–H and O–H groups in total. The predicted molar refractivity (Wildman–Crippen MR) is 53.4 cm³/mol. The Morgan fingerprint density at radius 1 is 1.23 bits per heavy atom. The lowest BCUT2D eigenvalue weighted by Gasteiger charge is -2.28. The predicted octanol–water partition coefficient (Wildman–Crippen LogP) is 3.02. The maximum Gasteiger partial charge on any atom is 0.159 e. The molecule has 1 heteroatoms. The molecule has 0 saturated heterocycles. The van der Waals surface area contributed by atoms with Crippen LogP contribution in [0.15, 0.2) is 23.8 Å². The van der Waals surface area contributed by atoms with Crippen molar-refractivity contribution >= 4 is 5.78 Å². The maximum absolute atomic E-state index is 11.7. The van der Waals surface area contributed by atoms with Gasteiger partial charge in [-0.05, 0) is 32.1 Å². The summed E-state index contributed by atoms with van der Waals surface area (Å²) in [7, 11) is 0. The van der Waals surface area contributed by atoms with Gasteiger partial charge in [0.2, 0.25) is 0 Å². The second-order valence-electron chi connectivity index (χ2n) is 4.03. The molecule has 0 saturated carbocycles. The zero-order valence-electron chi connectivity index (χ0n) is 8.01. The monoisotopic (exact) mass is 176 g/mol. The standard InChI is InChI=1S/C12H16O/c1-2-9-5-3-6-10-7-4-8-11(13)12(9)10/h2,9H,1,3-8H2. The van der Waals surface area contributed by atoms with E-state index in [0.29, 0.717) is 11.7 Å². The molecule has 0 aromatic heterocycles. The normalized spacial score (nSPS) is 28.6. The molecule has 70 valence electrons. The number of carbonyl (C=O) groups excluding carboxylic acids is 1. The molecule has 0 radical (unpaired) electrons. The van der Waals surface area contributed by atoms with Gasteiger partial charge in [-0.25, -0.2) is 0 Å². The van der Waals surface area contributed by atoms with Gasteiger partial charge in [-0.2, -0.15) is 0 Å². The number of ketones is 1. The van der Waals surface area contributed by atoms with Gasteiger partial charge in [-0.15, -0.1) is 6.58 Å². The number of hydrogen-bond acceptors (Lipinski definition) is 1. The average molecular weight is 176 g/mol. The van der Waals surface area contributed by atoms with Gasteiger partial charge in [0.1, 0.15) is 0 Å². The molecule has 0 bridgehead atoms. The Hall–Kier alpha value is -0.850. The molecule has 1 unspecified atom stereocenters. The van der Waals surface area contributed by atoms with Crippen LogP contribution >= 0.6 is 0 Å². The highest BCUT2D eigenvalue weighted by Crippen LogP contribution is 2.37. The maximum atomic E-state index is 11.7. The Morgan fingerprint density at radius 2 is 2.00 bits per heavy atom. The van der Waals surface area contributed by atoms with Crippen LogP contribution in [0.25, 0.3) is 0 Å². The average Bonchev–Trinajstić information content (AvgIpc) is 2.17. The minimum Gasteiger partial charge on any atom is -0.295 e. The highest BCUT2D eigenvalue weighted by atomic mass is 16.1. The van der Waals surface area contributed by atoms with E-state index < -0.39 is 0 Å². The molecule has 1 atom stereocenters. The Morgan fingerprint density at radius 3 is 2.77 bits per heavy atom. The van der Waals surface area contributed by atoms with Gasteiger partial charge in [-0.1, -0.05) is 11.6 Å². The lowest BCUT2D eigenvalue weighted by molar-refractivity contribution is -0.116. The Bertz CT molecular complexity index is 269. The van der Waals surface area contributed by atoms with Crippen molar-refractivity contribution in [2.45, 2.75) is 38.5 Å². The van der Waals surface area contributed by atoms with Gasteiger partial charge in [-0.3, -0.25) is 4.79 Å². The van der Waals surface area contributed by atoms with E-state index in [0.717, 1.165) is 37.7 Å². The van der Waals surface area contributed by atoms with Crippen molar-refractivity contribution in [3.63, 3.8) is 0 Å². The van der Waals surface area contributed by atoms with Crippen LogP contribution in [0.3, 0.4) is 0 Å². The van der Waals surface area contributed by atoms with Gasteiger partial charge >= 0.3 is 0 Å². The fourth-order valence-electron chi connectivity index (χ4n) is 2.57. The van der Waals surface area contributed by atoms with Crippen molar-refractivity contribution in [1.82, 2.24) is 0 Å². The van der Waals surface area contributed by atoms with Crippen molar-refractivity contribution < 1.29 is 4.79 Å². The van der Waals surface area contributed by atoms with Crippen molar-refractivity contribution in [1.29, 1.82) is 0 Å². The number of rotatable bonds is 1. The molecule has 13 heavy (non-hydrogen) atoms. The van der Waals surface area contributed by atoms with E-state index >= 15 is 0 Å². The van der Waals surface area contributed by atoms with Crippen molar-refractivity contribution in [2.75, 3.05) is 0 Å². The second kappa shape index (κ2) is 3.49. The molecule has 0 fully saturated rings. The molecule has 2 rings (SSSR count). The largest absolute Gasteiger partial charge is 0.295 e. The first-order chi connectivity index (χ1) is 6.33. The summed E-state index contributed by atoms with van der Waals surface area (Å²) in [5, 5.41) is 0. The molecule has 1 nitrogen and oxygen atoms in total. The van der Waals surface area contributed by atoms with Crippen LogP contribution in [0.5, 0.6) is 0 Å². The van der Waals surface area contributed by atoms with Gasteiger partial charge < -0.3 is 0 Å². The van der Waals surface area contributed by atoms with Gasteiger partial charge in [0.25, 0.3) is 0 Å². The Kier molecular flexibility index (Phi) is 2.34. The summed E-state index contributed by atoms with van der Waals surface area (Å²) < 4.78 is 0. The molecule has 0 aromatic rings. The van der Waals surface area contributed by atoms with E-state index in [1.807, 2.05) is 6.08 Å². The van der Waals surface area contributed by atoms with E-state index in [1.165, 1.54) is 12.0 Å². The lowest BCUT2D eigenvalue weighted by atomic mass is 9.75. The van der Waals surface area contributed by atoms with Crippen LogP contribution in [0, 0.1) is 5.92 Å². The molecule has 0 spiro atoms. The number of allylic oxidation sites excluding steroid dienone is 3. The third-order valence-corrected chi connectivity index (χ3v) is 3.21. The van der Waals surface area contributed by atoms with Crippen molar-refractivity contribution in [2.24, 2.45) is 5.92 Å². The van der Waals surface area contributed by atoms with Crippen LogP contribution in [0.1, 0.15) is 38.5 Å². The summed E-state index contributed by atoms with van der Waals surface area (Å²) in [6.45, 7) is 3.82. The second-order valence-corrected chi connectivity index (χ2v) is 4.03. The van der Waals surface area contributed by atoms with Crippen LogP contribution in [-0.2, 0) is 4.79 Å². The molecule has 0 amide bonds. The smallest absolute Gasteiger partial charge is 0.159 e. The topological polar surface area (TPSA) is 17.1 Å². The van der Waals surface area contributed by atoms with Crippen molar-refractivity contribution in [3.05, 3.63) is 23.8 Å². The van der Waals surface area contributed by atoms with Crippen LogP contribution in [0.4, 0.5) is 0 Å². The summed E-state index contributed by atoms with van der Waals surface area (Å²) in [5.74, 6) is 0.766. The van der Waals surface area contributed by atoms with Crippen molar-refractivity contribution in [3.8, 4) is 0 Å². The Labute approximate surface area is 79.5 Å². The van der Waals surface area contributed by atoms with E-state index in [2.05, 4.69) is 6.58 Å². The van der Waals surface area contributed by atoms with E-state index in [9.17, 15) is 4.79 Å². The minimum absolute atomic E-state index is 0.372. The third kappa shape index (κ3) is 1.48. The Balaban J connectivity index is 2.36. The number of Topliss-reactive ketones (excluding diaryl/α,β-unsaturated/α-hetero) is 1. The fraction of sp³-hybridized carbons (Fsp3) is 0.583. The third-order valence-electron chi connectivity index (χ3n) is 3.21. The molecule has 2 aliphatic rings. The van der Waals surface area contributed by atoms with E-state index in [4.69, 9.17) is 0 Å². The highest BCUT2D eigenvalue weighted by Gasteiger charge is 2.28. The first kappa shape index (κ1) is 8.74. The zero-order chi connectivity index (χ0) is 9.26. The summed E-state index contributed by atoms with van der Waals surface area (Å²) in [6.07, 6.45) is 8.48. The molecular formula is C12H16O. The van der Waals surface area contributed by atoms with Crippen LogP contribution in [-0.4, -0.2) is 5.78 Å². The molecule has 0 aromatic carbocycles. The van der Waals surface area contributed by atoms with Crippen LogP contribution < -0.4 is 0 Å². The molecular weight excluding hydrogens is 160 g/mol. The fourth-order valence-corrected chi connectivity index (χ4v) is 2.57. The van der Waals surface area contributed by atoms with E-state index in [-0.39, 0.29) is 0 Å². The number of hydrogen-bond donors (Lipinski definition) is 0. The first-order valence-corrected chi connectivity index (χ1v) is 5.20. The van der Waals surface area contributed by atoms with Gasteiger partial charge in [0.15, 0.2) is 5.78 Å². The highest BCUT2D eigenvalue weighted by molar-refractivity contribution is 5.97.